The molecule has 3 rings (SSSR count). The number of hydrogen-bond acceptors (Lipinski definition) is 3. The van der Waals surface area contributed by atoms with E-state index in [9.17, 15) is 9.59 Å². The SMILES string of the molecule is Cc1ccc(NC(=O)CN2CCC(C(=O)Nc3ccc(Cl)c(Cl)c3)CC2)c(C)c1. The highest BCUT2D eigenvalue weighted by Gasteiger charge is 2.26. The molecule has 0 atom stereocenters. The minimum atomic E-state index is -0.0805. The number of nitrogens with one attached hydrogen (secondary N) is 2. The van der Waals surface area contributed by atoms with Crippen LogP contribution >= 0.6 is 23.2 Å². The first-order valence-electron chi connectivity index (χ1n) is 9.67. The minimum absolute atomic E-state index is 0.0252. The lowest BCUT2D eigenvalue weighted by molar-refractivity contribution is -0.121. The molecule has 0 spiro atoms. The second-order valence-electron chi connectivity index (χ2n) is 7.54. The zero-order valence-corrected chi connectivity index (χ0v) is 18.1. The smallest absolute Gasteiger partial charge is 0.238 e. The van der Waals surface area contributed by atoms with E-state index in [2.05, 4.69) is 15.5 Å². The molecule has 2 aromatic carbocycles. The Balaban J connectivity index is 1.46. The van der Waals surface area contributed by atoms with E-state index in [1.807, 2.05) is 32.0 Å². The summed E-state index contributed by atoms with van der Waals surface area (Å²) in [7, 11) is 0. The van der Waals surface area contributed by atoms with Crippen molar-refractivity contribution in [3.63, 3.8) is 0 Å². The van der Waals surface area contributed by atoms with Crippen molar-refractivity contribution in [2.45, 2.75) is 26.7 Å². The number of benzene rings is 2. The molecule has 0 aliphatic carbocycles. The molecule has 0 aromatic heterocycles. The maximum atomic E-state index is 12.5. The molecule has 1 aliphatic rings. The van der Waals surface area contributed by atoms with Crippen LogP contribution in [0.5, 0.6) is 0 Å². The standard InChI is InChI=1S/C22H25Cl2N3O2/c1-14-3-6-20(15(2)11-14)26-21(28)13-27-9-7-16(8-10-27)22(29)25-17-4-5-18(23)19(24)12-17/h3-6,11-12,16H,7-10,13H2,1-2H3,(H,25,29)(H,26,28). The average Bonchev–Trinajstić information content (AvgIpc) is 2.67. The van der Waals surface area contributed by atoms with Gasteiger partial charge in [-0.3, -0.25) is 14.5 Å². The number of halogens is 2. The summed E-state index contributed by atoms with van der Waals surface area (Å²) in [6.07, 6.45) is 1.42. The molecule has 0 saturated carbocycles. The van der Waals surface area contributed by atoms with Crippen LogP contribution in [0.4, 0.5) is 11.4 Å². The van der Waals surface area contributed by atoms with Crippen molar-refractivity contribution < 1.29 is 9.59 Å². The molecule has 1 aliphatic heterocycles. The molecule has 1 fully saturated rings. The fourth-order valence-corrected chi connectivity index (χ4v) is 3.82. The van der Waals surface area contributed by atoms with E-state index in [1.54, 1.807) is 18.2 Å². The van der Waals surface area contributed by atoms with Crippen LogP contribution in [-0.4, -0.2) is 36.3 Å². The Labute approximate surface area is 181 Å². The van der Waals surface area contributed by atoms with Crippen LogP contribution in [0.25, 0.3) is 0 Å². The lowest BCUT2D eigenvalue weighted by Crippen LogP contribution is -2.41. The van der Waals surface area contributed by atoms with Crippen molar-refractivity contribution in [3.05, 3.63) is 57.6 Å². The van der Waals surface area contributed by atoms with Gasteiger partial charge in [-0.2, -0.15) is 0 Å². The highest BCUT2D eigenvalue weighted by molar-refractivity contribution is 6.42. The monoisotopic (exact) mass is 433 g/mol. The molecule has 1 heterocycles. The molecule has 29 heavy (non-hydrogen) atoms. The predicted molar refractivity (Wildman–Crippen MR) is 119 cm³/mol. The van der Waals surface area contributed by atoms with Crippen molar-refractivity contribution in [3.8, 4) is 0 Å². The fraction of sp³-hybridized carbons (Fsp3) is 0.364. The van der Waals surface area contributed by atoms with Crippen LogP contribution in [0.2, 0.25) is 10.0 Å². The van der Waals surface area contributed by atoms with Crippen molar-refractivity contribution in [2.75, 3.05) is 30.3 Å². The number of piperidine rings is 1. The Morgan fingerprint density at radius 1 is 1.00 bits per heavy atom. The summed E-state index contributed by atoms with van der Waals surface area (Å²) in [6.45, 7) is 5.76. The molecule has 0 unspecified atom stereocenters. The predicted octanol–water partition coefficient (Wildman–Crippen LogP) is 4.90. The van der Waals surface area contributed by atoms with E-state index in [4.69, 9.17) is 23.2 Å². The van der Waals surface area contributed by atoms with Gasteiger partial charge in [0.1, 0.15) is 0 Å². The molecule has 2 aromatic rings. The second kappa shape index (κ2) is 9.61. The number of anilines is 2. The quantitative estimate of drug-likeness (QED) is 0.704. The van der Waals surface area contributed by atoms with Crippen molar-refractivity contribution in [1.29, 1.82) is 0 Å². The highest BCUT2D eigenvalue weighted by Crippen LogP contribution is 2.26. The molecule has 5 nitrogen and oxygen atoms in total. The van der Waals surface area contributed by atoms with Crippen LogP contribution in [0.15, 0.2) is 36.4 Å². The summed E-state index contributed by atoms with van der Waals surface area (Å²) >= 11 is 11.9. The lowest BCUT2D eigenvalue weighted by Gasteiger charge is -2.30. The van der Waals surface area contributed by atoms with Crippen LogP contribution in [-0.2, 0) is 9.59 Å². The van der Waals surface area contributed by atoms with E-state index in [1.165, 1.54) is 5.56 Å². The minimum Gasteiger partial charge on any atom is -0.326 e. The van der Waals surface area contributed by atoms with Gasteiger partial charge in [0.25, 0.3) is 0 Å². The molecule has 154 valence electrons. The largest absolute Gasteiger partial charge is 0.326 e. The Morgan fingerprint density at radius 2 is 1.72 bits per heavy atom. The van der Waals surface area contributed by atoms with Crippen molar-refractivity contribution in [1.82, 2.24) is 4.90 Å². The summed E-state index contributed by atoms with van der Waals surface area (Å²) in [5.41, 5.74) is 3.70. The first-order chi connectivity index (χ1) is 13.8. The van der Waals surface area contributed by atoms with Crippen LogP contribution in [0.1, 0.15) is 24.0 Å². The molecule has 0 radical (unpaired) electrons. The fourth-order valence-electron chi connectivity index (χ4n) is 3.52. The maximum absolute atomic E-state index is 12.5. The number of carbonyl (C=O) groups is 2. The third kappa shape index (κ3) is 5.95. The molecule has 7 heteroatoms. The molecule has 2 amide bonds. The maximum Gasteiger partial charge on any atom is 0.238 e. The second-order valence-corrected chi connectivity index (χ2v) is 8.35. The zero-order valence-electron chi connectivity index (χ0n) is 16.6. The highest BCUT2D eigenvalue weighted by atomic mass is 35.5. The van der Waals surface area contributed by atoms with E-state index in [0.29, 0.717) is 48.2 Å². The third-order valence-corrected chi connectivity index (χ3v) is 5.91. The van der Waals surface area contributed by atoms with E-state index in [-0.39, 0.29) is 17.7 Å². The van der Waals surface area contributed by atoms with Crippen molar-refractivity contribution >= 4 is 46.4 Å². The summed E-state index contributed by atoms with van der Waals surface area (Å²) in [5.74, 6) is -0.137. The number of amides is 2. The summed E-state index contributed by atoms with van der Waals surface area (Å²) < 4.78 is 0. The van der Waals surface area contributed by atoms with E-state index >= 15 is 0 Å². The van der Waals surface area contributed by atoms with Gasteiger partial charge < -0.3 is 10.6 Å². The van der Waals surface area contributed by atoms with Gasteiger partial charge in [0.15, 0.2) is 0 Å². The van der Waals surface area contributed by atoms with E-state index < -0.39 is 0 Å². The van der Waals surface area contributed by atoms with Crippen LogP contribution < -0.4 is 10.6 Å². The number of aryl methyl sites for hydroxylation is 2. The molecular formula is C22H25Cl2N3O2. The first-order valence-corrected chi connectivity index (χ1v) is 10.4. The van der Waals surface area contributed by atoms with Gasteiger partial charge in [-0.05, 0) is 69.6 Å². The molecule has 2 N–H and O–H groups in total. The normalized spacial score (nSPS) is 15.2. The molecule has 0 bridgehead atoms. The van der Waals surface area contributed by atoms with Crippen molar-refractivity contribution in [2.24, 2.45) is 5.92 Å². The summed E-state index contributed by atoms with van der Waals surface area (Å²) in [4.78, 5) is 27.0. The van der Waals surface area contributed by atoms with Gasteiger partial charge in [0.05, 0.1) is 16.6 Å². The van der Waals surface area contributed by atoms with Gasteiger partial charge in [-0.1, -0.05) is 40.9 Å². The number of rotatable bonds is 5. The van der Waals surface area contributed by atoms with Gasteiger partial charge in [0.2, 0.25) is 11.8 Å². The van der Waals surface area contributed by atoms with Crippen LogP contribution in [0.3, 0.4) is 0 Å². The third-order valence-electron chi connectivity index (χ3n) is 5.17. The van der Waals surface area contributed by atoms with Gasteiger partial charge in [-0.15, -0.1) is 0 Å². The first kappa shape index (κ1) is 21.6. The Bertz CT molecular complexity index is 909. The lowest BCUT2D eigenvalue weighted by atomic mass is 9.96. The van der Waals surface area contributed by atoms with Gasteiger partial charge in [-0.25, -0.2) is 0 Å². The average molecular weight is 434 g/mol. The molecular weight excluding hydrogens is 409 g/mol. The number of hydrogen-bond donors (Lipinski definition) is 2. The van der Waals surface area contributed by atoms with Crippen LogP contribution in [0, 0.1) is 19.8 Å². The van der Waals surface area contributed by atoms with E-state index in [0.717, 1.165) is 11.3 Å². The summed E-state index contributed by atoms with van der Waals surface area (Å²) in [5, 5.41) is 6.74. The van der Waals surface area contributed by atoms with Gasteiger partial charge >= 0.3 is 0 Å². The molecule has 1 saturated heterocycles. The Morgan fingerprint density at radius 3 is 2.38 bits per heavy atom. The number of likely N-dealkylation sites (tertiary alicyclic amines) is 1. The number of nitrogens with zero attached hydrogens (tertiary/aromatic N) is 1. The zero-order chi connectivity index (χ0) is 21.0. The number of carbonyl (C=O) groups excluding carboxylic acids is 2. The van der Waals surface area contributed by atoms with Gasteiger partial charge in [0, 0.05) is 17.3 Å². The Kier molecular flexibility index (Phi) is 7.17. The summed E-state index contributed by atoms with van der Waals surface area (Å²) in [6, 6.07) is 11.0. The topological polar surface area (TPSA) is 61.4 Å². The Hall–Kier alpha value is -2.08.